The molecule has 1 aromatic carbocycles. The van der Waals surface area contributed by atoms with E-state index in [0.717, 1.165) is 0 Å². The first-order valence-electron chi connectivity index (χ1n) is 5.06. The molecule has 0 saturated carbocycles. The fraction of sp³-hybridized carbons (Fsp3) is 0.400. The van der Waals surface area contributed by atoms with Crippen molar-refractivity contribution < 1.29 is 57.1 Å². The van der Waals surface area contributed by atoms with E-state index < -0.39 is 16.4 Å². The van der Waals surface area contributed by atoms with Gasteiger partial charge in [0.2, 0.25) is 0 Å². The van der Waals surface area contributed by atoms with Crippen molar-refractivity contribution in [3.05, 3.63) is 24.3 Å². The summed E-state index contributed by atoms with van der Waals surface area (Å²) in [5.74, 6) is 1.17. The number of aliphatic hydroxyl groups is 1. The number of aliphatic hydroxyl groups excluding tert-OH is 1. The Kier molecular flexibility index (Phi) is 8.59. The number of hydrogen-bond acceptors (Lipinski definition) is 6. The van der Waals surface area contributed by atoms with Gasteiger partial charge in [-0.25, -0.2) is 13.1 Å². The van der Waals surface area contributed by atoms with Gasteiger partial charge in [-0.3, -0.25) is 0 Å². The Balaban J connectivity index is 0.00000324. The first kappa shape index (κ1) is 18.7. The molecule has 1 atom stereocenters. The average molecular weight is 299 g/mol. The molecule has 0 aliphatic carbocycles. The number of rotatable bonds is 7. The van der Waals surface area contributed by atoms with Crippen LogP contribution in [-0.2, 0) is 10.3 Å². The molecular formula is C10H14NNaO6S. The van der Waals surface area contributed by atoms with E-state index in [9.17, 15) is 18.1 Å². The smallest absolute Gasteiger partial charge is 0.735 e. The van der Waals surface area contributed by atoms with Crippen LogP contribution >= 0.6 is 0 Å². The third-order valence-corrected chi connectivity index (χ3v) is 2.52. The van der Waals surface area contributed by atoms with Crippen LogP contribution in [0.1, 0.15) is 0 Å². The van der Waals surface area contributed by atoms with Gasteiger partial charge in [-0.1, -0.05) is 0 Å². The van der Waals surface area contributed by atoms with Crippen LogP contribution in [-0.4, -0.2) is 44.4 Å². The van der Waals surface area contributed by atoms with Crippen LogP contribution in [0.15, 0.2) is 24.3 Å². The summed E-state index contributed by atoms with van der Waals surface area (Å²) in [6, 6.07) is 6.65. The van der Waals surface area contributed by atoms with Gasteiger partial charge in [0.05, 0.1) is 7.11 Å². The average Bonchev–Trinajstić information content (AvgIpc) is 2.33. The van der Waals surface area contributed by atoms with Crippen molar-refractivity contribution in [2.75, 3.05) is 20.3 Å². The first-order valence-corrected chi connectivity index (χ1v) is 6.47. The van der Waals surface area contributed by atoms with Crippen LogP contribution < -0.4 is 43.8 Å². The molecule has 1 rings (SSSR count). The number of nitrogens with one attached hydrogen (secondary N) is 1. The van der Waals surface area contributed by atoms with E-state index in [1.165, 1.54) is 7.11 Å². The summed E-state index contributed by atoms with van der Waals surface area (Å²) in [6.45, 7) is -0.517. The zero-order chi connectivity index (χ0) is 13.6. The molecule has 19 heavy (non-hydrogen) atoms. The zero-order valence-corrected chi connectivity index (χ0v) is 13.5. The third kappa shape index (κ3) is 8.43. The van der Waals surface area contributed by atoms with E-state index in [4.69, 9.17) is 9.47 Å². The molecule has 2 N–H and O–H groups in total. The van der Waals surface area contributed by atoms with Crippen molar-refractivity contribution in [1.82, 2.24) is 4.72 Å². The summed E-state index contributed by atoms with van der Waals surface area (Å²) < 4.78 is 42.5. The summed E-state index contributed by atoms with van der Waals surface area (Å²) in [6.07, 6.45) is -1.10. The summed E-state index contributed by atoms with van der Waals surface area (Å²) in [5.41, 5.74) is 0. The fourth-order valence-electron chi connectivity index (χ4n) is 1.12. The third-order valence-electron chi connectivity index (χ3n) is 2.00. The molecule has 0 spiro atoms. The maximum atomic E-state index is 10.2. The number of ether oxygens (including phenoxy) is 2. The predicted octanol–water partition coefficient (Wildman–Crippen LogP) is -3.51. The van der Waals surface area contributed by atoms with Gasteiger partial charge in [0, 0.05) is 6.54 Å². The molecule has 0 aliphatic heterocycles. The van der Waals surface area contributed by atoms with Gasteiger partial charge in [0.1, 0.15) is 24.2 Å². The SMILES string of the molecule is COc1ccc(OCC(O)CNS(=O)(=O)[O-])cc1.[Na+]. The van der Waals surface area contributed by atoms with Gasteiger partial charge in [-0.05, 0) is 24.3 Å². The maximum absolute atomic E-state index is 10.2. The van der Waals surface area contributed by atoms with Gasteiger partial charge < -0.3 is 19.1 Å². The standard InChI is InChI=1S/C10H15NO6S.Na/c1-16-9-2-4-10(5-3-9)17-7-8(12)6-11-18(13,14)15;/h2-5,8,11-12H,6-7H2,1H3,(H,13,14,15);/q;+1/p-1. The second-order valence-electron chi connectivity index (χ2n) is 3.44. The van der Waals surface area contributed by atoms with Crippen molar-refractivity contribution in [2.45, 2.75) is 6.10 Å². The van der Waals surface area contributed by atoms with Crippen molar-refractivity contribution in [3.8, 4) is 11.5 Å². The van der Waals surface area contributed by atoms with E-state index in [0.29, 0.717) is 11.5 Å². The Morgan fingerprint density at radius 2 is 1.84 bits per heavy atom. The molecule has 1 unspecified atom stereocenters. The summed E-state index contributed by atoms with van der Waals surface area (Å²) in [5, 5.41) is 9.36. The Labute approximate surface area is 134 Å². The maximum Gasteiger partial charge on any atom is 1.00 e. The molecule has 7 nitrogen and oxygen atoms in total. The Bertz CT molecular complexity index is 463. The van der Waals surface area contributed by atoms with Gasteiger partial charge in [0.25, 0.3) is 0 Å². The van der Waals surface area contributed by atoms with Crippen molar-refractivity contribution in [2.24, 2.45) is 0 Å². The number of benzene rings is 1. The molecule has 0 fully saturated rings. The second kappa shape index (κ2) is 8.75. The second-order valence-corrected chi connectivity index (χ2v) is 4.64. The van der Waals surface area contributed by atoms with E-state index in [2.05, 4.69) is 0 Å². The van der Waals surface area contributed by atoms with E-state index in [-0.39, 0.29) is 42.7 Å². The van der Waals surface area contributed by atoms with Gasteiger partial charge in [-0.2, -0.15) is 0 Å². The molecule has 1 aromatic rings. The van der Waals surface area contributed by atoms with Crippen LogP contribution in [0.4, 0.5) is 0 Å². The molecule has 0 aliphatic rings. The summed E-state index contributed by atoms with van der Waals surface area (Å²) in [4.78, 5) is 0. The Morgan fingerprint density at radius 1 is 1.32 bits per heavy atom. The molecule has 0 amide bonds. The van der Waals surface area contributed by atoms with Crippen molar-refractivity contribution >= 4 is 10.3 Å². The van der Waals surface area contributed by atoms with E-state index in [1.54, 1.807) is 29.0 Å². The number of hydrogen-bond donors (Lipinski definition) is 2. The zero-order valence-electron chi connectivity index (χ0n) is 10.7. The Morgan fingerprint density at radius 3 is 2.32 bits per heavy atom. The molecule has 102 valence electrons. The molecule has 0 radical (unpaired) electrons. The van der Waals surface area contributed by atoms with Crippen molar-refractivity contribution in [1.29, 1.82) is 0 Å². The monoisotopic (exact) mass is 299 g/mol. The van der Waals surface area contributed by atoms with Crippen molar-refractivity contribution in [3.63, 3.8) is 0 Å². The Hall–Kier alpha value is -0.350. The minimum absolute atomic E-state index is 0. The molecule has 9 heteroatoms. The van der Waals surface area contributed by atoms with Crippen LogP contribution in [0.5, 0.6) is 11.5 Å². The van der Waals surface area contributed by atoms with Crippen LogP contribution in [0.3, 0.4) is 0 Å². The molecule has 0 aromatic heterocycles. The summed E-state index contributed by atoms with van der Waals surface area (Å²) in [7, 11) is -3.01. The van der Waals surface area contributed by atoms with Gasteiger partial charge in [0.15, 0.2) is 10.3 Å². The quantitative estimate of drug-likeness (QED) is 0.399. The molecule has 0 saturated heterocycles. The number of methoxy groups -OCH3 is 1. The largest absolute Gasteiger partial charge is 1.00 e. The van der Waals surface area contributed by atoms with E-state index in [1.807, 2.05) is 0 Å². The molecule has 0 heterocycles. The minimum atomic E-state index is -4.54. The summed E-state index contributed by atoms with van der Waals surface area (Å²) >= 11 is 0. The fourth-order valence-corrected chi connectivity index (χ4v) is 1.52. The molecule has 0 bridgehead atoms. The van der Waals surface area contributed by atoms with Gasteiger partial charge in [-0.15, -0.1) is 0 Å². The molecular weight excluding hydrogens is 285 g/mol. The van der Waals surface area contributed by atoms with Crippen LogP contribution in [0.25, 0.3) is 0 Å². The van der Waals surface area contributed by atoms with Crippen LogP contribution in [0.2, 0.25) is 0 Å². The minimum Gasteiger partial charge on any atom is -0.735 e. The van der Waals surface area contributed by atoms with Gasteiger partial charge >= 0.3 is 29.6 Å². The topological polar surface area (TPSA) is 108 Å². The first-order chi connectivity index (χ1) is 8.40. The van der Waals surface area contributed by atoms with Crippen LogP contribution in [0, 0.1) is 0 Å². The van der Waals surface area contributed by atoms with E-state index >= 15 is 0 Å². The normalized spacial score (nSPS) is 12.4. The predicted molar refractivity (Wildman–Crippen MR) is 62.2 cm³/mol.